The van der Waals surface area contributed by atoms with E-state index in [1.165, 1.54) is 0 Å². The number of hydrogen-bond donors (Lipinski definition) is 1. The van der Waals surface area contributed by atoms with Crippen LogP contribution in [-0.4, -0.2) is 54.9 Å². The molecule has 2 aromatic rings. The summed E-state index contributed by atoms with van der Waals surface area (Å²) in [5.41, 5.74) is 1.47. The highest BCUT2D eigenvalue weighted by atomic mass is 16.5. The summed E-state index contributed by atoms with van der Waals surface area (Å²) < 4.78 is 5.41. The van der Waals surface area contributed by atoms with Gasteiger partial charge in [0.05, 0.1) is 23.4 Å². The number of ether oxygens (including phenoxy) is 1. The smallest absolute Gasteiger partial charge is 0.266 e. The van der Waals surface area contributed by atoms with Crippen LogP contribution in [0.1, 0.15) is 44.9 Å². The van der Waals surface area contributed by atoms with E-state index < -0.39 is 5.91 Å². The number of benzene rings is 2. The molecule has 0 aliphatic carbocycles. The molecule has 0 unspecified atom stereocenters. The molecule has 0 spiro atoms. The predicted molar refractivity (Wildman–Crippen MR) is 109 cm³/mol. The van der Waals surface area contributed by atoms with Crippen molar-refractivity contribution in [1.29, 1.82) is 0 Å². The maximum Gasteiger partial charge on any atom is 0.266 e. The molecule has 3 amide bonds. The van der Waals surface area contributed by atoms with Crippen molar-refractivity contribution in [1.82, 2.24) is 10.2 Å². The molecule has 2 heterocycles. The van der Waals surface area contributed by atoms with Crippen LogP contribution in [0.15, 0.2) is 42.5 Å². The van der Waals surface area contributed by atoms with Crippen molar-refractivity contribution in [2.75, 3.05) is 31.1 Å². The third kappa shape index (κ3) is 3.38. The van der Waals surface area contributed by atoms with Crippen molar-refractivity contribution in [3.8, 4) is 5.75 Å². The molecule has 1 fully saturated rings. The Morgan fingerprint density at radius 3 is 2.52 bits per heavy atom. The molecule has 2 aliphatic rings. The number of nitrogens with one attached hydrogen (secondary N) is 1. The van der Waals surface area contributed by atoms with Gasteiger partial charge in [0.25, 0.3) is 17.7 Å². The Bertz CT molecular complexity index is 971. The molecule has 0 aromatic heterocycles. The Labute approximate surface area is 169 Å². The molecule has 0 radical (unpaired) electrons. The highest BCUT2D eigenvalue weighted by Crippen LogP contribution is 2.30. The van der Waals surface area contributed by atoms with Crippen LogP contribution in [0.5, 0.6) is 5.75 Å². The molecule has 29 heavy (non-hydrogen) atoms. The highest BCUT2D eigenvalue weighted by molar-refractivity contribution is 6.34. The number of carbonyl (C=O) groups is 3. The van der Waals surface area contributed by atoms with Crippen molar-refractivity contribution < 1.29 is 19.1 Å². The van der Waals surface area contributed by atoms with E-state index in [0.717, 1.165) is 18.0 Å². The summed E-state index contributed by atoms with van der Waals surface area (Å²) in [4.78, 5) is 41.7. The van der Waals surface area contributed by atoms with Gasteiger partial charge in [-0.15, -0.1) is 0 Å². The highest BCUT2D eigenvalue weighted by Gasteiger charge is 2.37. The van der Waals surface area contributed by atoms with Crippen LogP contribution in [0.3, 0.4) is 0 Å². The summed E-state index contributed by atoms with van der Waals surface area (Å²) in [6, 6.07) is 11.6. The Balaban J connectivity index is 1.61. The van der Waals surface area contributed by atoms with Crippen LogP contribution in [0, 0.1) is 0 Å². The van der Waals surface area contributed by atoms with Crippen LogP contribution < -0.4 is 15.0 Å². The SMILES string of the molecule is CCOc1ccc(N2C(=O)c3ccc(C(=O)N4CCNC[C@H]4C)cc3C2=O)cc1. The molecule has 4 rings (SSSR count). The van der Waals surface area contributed by atoms with Crippen LogP contribution in [0.4, 0.5) is 5.69 Å². The van der Waals surface area contributed by atoms with Gasteiger partial charge in [-0.1, -0.05) is 0 Å². The van der Waals surface area contributed by atoms with Gasteiger partial charge in [-0.05, 0) is 56.3 Å². The van der Waals surface area contributed by atoms with E-state index in [-0.39, 0.29) is 23.4 Å². The zero-order valence-electron chi connectivity index (χ0n) is 16.5. The van der Waals surface area contributed by atoms with Gasteiger partial charge >= 0.3 is 0 Å². The van der Waals surface area contributed by atoms with E-state index in [0.29, 0.717) is 35.7 Å². The topological polar surface area (TPSA) is 79.0 Å². The summed E-state index contributed by atoms with van der Waals surface area (Å²) in [6.07, 6.45) is 0. The number of hydrogen-bond acceptors (Lipinski definition) is 5. The second-order valence-corrected chi connectivity index (χ2v) is 7.18. The maximum atomic E-state index is 13.0. The first-order valence-corrected chi connectivity index (χ1v) is 9.78. The van der Waals surface area contributed by atoms with Gasteiger partial charge in [-0.25, -0.2) is 4.90 Å². The number of nitrogens with zero attached hydrogens (tertiary/aromatic N) is 2. The molecule has 1 saturated heterocycles. The lowest BCUT2D eigenvalue weighted by atomic mass is 10.0. The molecule has 0 bridgehead atoms. The molecular weight excluding hydrogens is 370 g/mol. The van der Waals surface area contributed by atoms with E-state index in [1.54, 1.807) is 47.4 Å². The third-order valence-electron chi connectivity index (χ3n) is 5.30. The van der Waals surface area contributed by atoms with Crippen molar-refractivity contribution in [2.24, 2.45) is 0 Å². The number of rotatable bonds is 4. The monoisotopic (exact) mass is 393 g/mol. The lowest BCUT2D eigenvalue weighted by Crippen LogP contribution is -2.52. The number of piperazine rings is 1. The zero-order valence-corrected chi connectivity index (χ0v) is 16.5. The molecule has 150 valence electrons. The number of fused-ring (bicyclic) bond motifs is 1. The minimum absolute atomic E-state index is 0.0715. The largest absolute Gasteiger partial charge is 0.494 e. The quantitative estimate of drug-likeness (QED) is 0.807. The van der Waals surface area contributed by atoms with Gasteiger partial charge in [0, 0.05) is 31.2 Å². The van der Waals surface area contributed by atoms with Crippen molar-refractivity contribution in [2.45, 2.75) is 19.9 Å². The van der Waals surface area contributed by atoms with Crippen LogP contribution >= 0.6 is 0 Å². The molecular formula is C22H23N3O4. The maximum absolute atomic E-state index is 13.0. The summed E-state index contributed by atoms with van der Waals surface area (Å²) in [7, 11) is 0. The molecule has 1 atom stereocenters. The molecule has 0 saturated carbocycles. The standard InChI is InChI=1S/C22H23N3O4/c1-3-29-17-7-5-16(6-8-17)25-21(27)18-9-4-15(12-19(18)22(25)28)20(26)24-11-10-23-13-14(24)2/h4-9,12,14,23H,3,10-11,13H2,1-2H3/t14-/m1/s1. The molecule has 2 aromatic carbocycles. The fourth-order valence-corrected chi connectivity index (χ4v) is 3.78. The predicted octanol–water partition coefficient (Wildman–Crippen LogP) is 2.32. The Morgan fingerprint density at radius 2 is 1.83 bits per heavy atom. The Morgan fingerprint density at radius 1 is 1.10 bits per heavy atom. The molecule has 7 nitrogen and oxygen atoms in total. The summed E-state index contributed by atoms with van der Waals surface area (Å²) in [6.45, 7) is 6.50. The second-order valence-electron chi connectivity index (χ2n) is 7.18. The van der Waals surface area contributed by atoms with Crippen molar-refractivity contribution in [3.63, 3.8) is 0 Å². The van der Waals surface area contributed by atoms with E-state index in [4.69, 9.17) is 4.74 Å². The number of anilines is 1. The van der Waals surface area contributed by atoms with Crippen molar-refractivity contribution in [3.05, 3.63) is 59.2 Å². The van der Waals surface area contributed by atoms with Gasteiger partial charge in [-0.2, -0.15) is 0 Å². The van der Waals surface area contributed by atoms with E-state index in [9.17, 15) is 14.4 Å². The molecule has 2 aliphatic heterocycles. The Kier molecular flexibility index (Phi) is 5.07. The van der Waals surface area contributed by atoms with Gasteiger partial charge in [-0.3, -0.25) is 14.4 Å². The minimum atomic E-state index is -0.419. The van der Waals surface area contributed by atoms with Crippen LogP contribution in [-0.2, 0) is 0 Å². The van der Waals surface area contributed by atoms with E-state index >= 15 is 0 Å². The number of carbonyl (C=O) groups excluding carboxylic acids is 3. The molecule has 7 heteroatoms. The first-order chi connectivity index (χ1) is 14.0. The third-order valence-corrected chi connectivity index (χ3v) is 5.30. The average molecular weight is 393 g/mol. The number of imide groups is 1. The van der Waals surface area contributed by atoms with Crippen LogP contribution in [0.25, 0.3) is 0 Å². The summed E-state index contributed by atoms with van der Waals surface area (Å²) in [5, 5.41) is 3.25. The average Bonchev–Trinajstić information content (AvgIpc) is 2.99. The number of amides is 3. The normalized spacial score (nSPS) is 18.8. The first kappa shape index (κ1) is 19.1. The van der Waals surface area contributed by atoms with Gasteiger partial charge in [0.1, 0.15) is 5.75 Å². The second kappa shape index (κ2) is 7.67. The lowest BCUT2D eigenvalue weighted by molar-refractivity contribution is 0.0655. The van der Waals surface area contributed by atoms with E-state index in [1.807, 2.05) is 13.8 Å². The Hall–Kier alpha value is -3.19. The first-order valence-electron chi connectivity index (χ1n) is 9.78. The zero-order chi connectivity index (χ0) is 20.5. The van der Waals surface area contributed by atoms with Gasteiger partial charge in [0.15, 0.2) is 0 Å². The summed E-state index contributed by atoms with van der Waals surface area (Å²) in [5.74, 6) is -0.256. The summed E-state index contributed by atoms with van der Waals surface area (Å²) >= 11 is 0. The van der Waals surface area contributed by atoms with Gasteiger partial charge in [0.2, 0.25) is 0 Å². The fourth-order valence-electron chi connectivity index (χ4n) is 3.78. The van der Waals surface area contributed by atoms with Crippen molar-refractivity contribution >= 4 is 23.4 Å². The fraction of sp³-hybridized carbons (Fsp3) is 0.318. The molecule has 1 N–H and O–H groups in total. The van der Waals surface area contributed by atoms with Gasteiger partial charge < -0.3 is 15.0 Å². The van der Waals surface area contributed by atoms with E-state index in [2.05, 4.69) is 5.32 Å². The minimum Gasteiger partial charge on any atom is -0.494 e. The van der Waals surface area contributed by atoms with Crippen LogP contribution in [0.2, 0.25) is 0 Å². The lowest BCUT2D eigenvalue weighted by Gasteiger charge is -2.34.